The van der Waals surface area contributed by atoms with E-state index in [1.165, 1.54) is 0 Å². The van der Waals surface area contributed by atoms with Gasteiger partial charge in [0.15, 0.2) is 5.72 Å². The van der Waals surface area contributed by atoms with Gasteiger partial charge in [-0.25, -0.2) is 0 Å². The van der Waals surface area contributed by atoms with E-state index < -0.39 is 17.6 Å². The van der Waals surface area contributed by atoms with Crippen molar-refractivity contribution in [1.29, 1.82) is 10.5 Å². The number of nitrogens with one attached hydrogen (secondary N) is 1. The highest BCUT2D eigenvalue weighted by Crippen LogP contribution is 2.58. The van der Waals surface area contributed by atoms with Gasteiger partial charge in [0.2, 0.25) is 5.88 Å². The van der Waals surface area contributed by atoms with Crippen molar-refractivity contribution in [3.05, 3.63) is 75.8 Å². The number of pyridine rings is 1. The van der Waals surface area contributed by atoms with Crippen LogP contribution >= 0.6 is 11.6 Å². The summed E-state index contributed by atoms with van der Waals surface area (Å²) in [6.45, 7) is 0. The lowest BCUT2D eigenvalue weighted by atomic mass is 9.69. The Bertz CT molecular complexity index is 1280. The molecule has 1 aromatic heterocycles. The lowest BCUT2D eigenvalue weighted by molar-refractivity contribution is 0.0138. The van der Waals surface area contributed by atoms with Crippen molar-refractivity contribution in [2.75, 3.05) is 11.1 Å². The van der Waals surface area contributed by atoms with Crippen LogP contribution in [0.1, 0.15) is 28.2 Å². The number of halogens is 1. The minimum atomic E-state index is -1.79. The SMILES string of the molecule is N#Cc1c(N)nc2c3c1NC(O)(c1ccccc1)C(C#N)C3c1cc(Cl)ccc1O2. The predicted molar refractivity (Wildman–Crippen MR) is 110 cm³/mol. The fraction of sp³-hybridized carbons (Fsp3) is 0.136. The monoisotopic (exact) mass is 415 g/mol. The van der Waals surface area contributed by atoms with Gasteiger partial charge in [0, 0.05) is 27.6 Å². The average Bonchev–Trinajstić information content (AvgIpc) is 2.74. The number of aliphatic hydroxyl groups is 1. The summed E-state index contributed by atoms with van der Waals surface area (Å²) >= 11 is 6.24. The van der Waals surface area contributed by atoms with E-state index >= 15 is 0 Å². The number of ether oxygens (including phenoxy) is 1. The van der Waals surface area contributed by atoms with Crippen LogP contribution in [0.5, 0.6) is 11.6 Å². The summed E-state index contributed by atoms with van der Waals surface area (Å²) in [7, 11) is 0. The first-order valence-corrected chi connectivity index (χ1v) is 9.52. The summed E-state index contributed by atoms with van der Waals surface area (Å²) in [5.74, 6) is -0.972. The number of fused-ring (bicyclic) bond motifs is 2. The van der Waals surface area contributed by atoms with Crippen LogP contribution in [-0.4, -0.2) is 10.1 Å². The Morgan fingerprint density at radius 3 is 2.67 bits per heavy atom. The fourth-order valence-corrected chi connectivity index (χ4v) is 4.47. The number of nitrogen functional groups attached to an aromatic ring is 1. The number of nitrogens with zero attached hydrogens (tertiary/aromatic N) is 3. The molecule has 0 radical (unpaired) electrons. The van der Waals surface area contributed by atoms with Crippen molar-refractivity contribution in [1.82, 2.24) is 4.98 Å². The zero-order chi connectivity index (χ0) is 21.0. The third-order valence-electron chi connectivity index (χ3n) is 5.62. The van der Waals surface area contributed by atoms with Crippen molar-refractivity contribution in [3.8, 4) is 23.8 Å². The molecule has 0 aliphatic carbocycles. The molecule has 7 nitrogen and oxygen atoms in total. The number of hydrogen-bond donors (Lipinski definition) is 3. The Kier molecular flexibility index (Phi) is 3.87. The van der Waals surface area contributed by atoms with Crippen LogP contribution < -0.4 is 15.8 Å². The summed E-state index contributed by atoms with van der Waals surface area (Å²) in [5.41, 5.74) is 6.23. The topological polar surface area (TPSA) is 128 Å². The quantitative estimate of drug-likeness (QED) is 0.550. The first-order valence-electron chi connectivity index (χ1n) is 9.14. The maximum Gasteiger partial charge on any atom is 0.227 e. The van der Waals surface area contributed by atoms with Gasteiger partial charge in [-0.05, 0) is 18.2 Å². The lowest BCUT2D eigenvalue weighted by Crippen LogP contribution is -2.49. The third kappa shape index (κ3) is 2.37. The first-order chi connectivity index (χ1) is 14.5. The van der Waals surface area contributed by atoms with E-state index in [0.717, 1.165) is 0 Å². The Labute approximate surface area is 176 Å². The van der Waals surface area contributed by atoms with Gasteiger partial charge in [-0.2, -0.15) is 15.5 Å². The molecule has 2 aliphatic heterocycles. The van der Waals surface area contributed by atoms with Gasteiger partial charge in [-0.3, -0.25) is 0 Å². The molecule has 0 amide bonds. The van der Waals surface area contributed by atoms with Gasteiger partial charge in [-0.15, -0.1) is 0 Å². The first kappa shape index (κ1) is 18.3. The molecule has 30 heavy (non-hydrogen) atoms. The normalized spacial score (nSPS) is 23.1. The van der Waals surface area contributed by atoms with Crippen LogP contribution in [0.25, 0.3) is 0 Å². The molecular formula is C22H14ClN5O2. The van der Waals surface area contributed by atoms with Gasteiger partial charge in [0.1, 0.15) is 29.1 Å². The fourth-order valence-electron chi connectivity index (χ4n) is 4.29. The van der Waals surface area contributed by atoms with E-state index in [1.54, 1.807) is 42.5 Å². The van der Waals surface area contributed by atoms with Gasteiger partial charge in [-0.1, -0.05) is 41.9 Å². The minimum Gasteiger partial charge on any atom is -0.438 e. The van der Waals surface area contributed by atoms with Gasteiger partial charge in [0.05, 0.1) is 11.8 Å². The Balaban J connectivity index is 1.87. The van der Waals surface area contributed by atoms with Crippen molar-refractivity contribution >= 4 is 23.1 Å². The summed E-state index contributed by atoms with van der Waals surface area (Å²) in [4.78, 5) is 4.26. The highest BCUT2D eigenvalue weighted by Gasteiger charge is 2.53. The number of hydrogen-bond acceptors (Lipinski definition) is 7. The van der Waals surface area contributed by atoms with Crippen LogP contribution in [0, 0.1) is 28.6 Å². The molecule has 0 saturated heterocycles. The molecule has 4 N–H and O–H groups in total. The second-order valence-electron chi connectivity index (χ2n) is 7.20. The van der Waals surface area contributed by atoms with Crippen molar-refractivity contribution < 1.29 is 9.84 Å². The van der Waals surface area contributed by atoms with Crippen LogP contribution in [0.2, 0.25) is 5.02 Å². The van der Waals surface area contributed by atoms with Gasteiger partial charge in [0.25, 0.3) is 0 Å². The van der Waals surface area contributed by atoms with Gasteiger partial charge < -0.3 is 20.9 Å². The molecule has 0 bridgehead atoms. The molecule has 0 fully saturated rings. The molecule has 0 spiro atoms. The summed E-state index contributed by atoms with van der Waals surface area (Å²) in [6, 6.07) is 18.2. The third-order valence-corrected chi connectivity index (χ3v) is 5.85. The van der Waals surface area contributed by atoms with Crippen LogP contribution in [0.4, 0.5) is 11.5 Å². The zero-order valence-electron chi connectivity index (χ0n) is 15.4. The Morgan fingerprint density at radius 2 is 1.97 bits per heavy atom. The van der Waals surface area contributed by atoms with Crippen molar-refractivity contribution in [3.63, 3.8) is 0 Å². The lowest BCUT2D eigenvalue weighted by Gasteiger charge is -2.46. The largest absolute Gasteiger partial charge is 0.438 e. The van der Waals surface area contributed by atoms with Crippen molar-refractivity contribution in [2.24, 2.45) is 5.92 Å². The molecule has 2 aromatic carbocycles. The molecule has 3 atom stereocenters. The van der Waals surface area contributed by atoms with E-state index in [2.05, 4.69) is 22.4 Å². The molecule has 5 rings (SSSR count). The molecule has 0 saturated carbocycles. The number of aromatic nitrogens is 1. The van der Waals surface area contributed by atoms with Crippen LogP contribution in [0.15, 0.2) is 48.5 Å². The van der Waals surface area contributed by atoms with Crippen LogP contribution in [-0.2, 0) is 5.72 Å². The molecule has 2 aliphatic rings. The van der Waals surface area contributed by atoms with E-state index in [0.29, 0.717) is 33.1 Å². The smallest absolute Gasteiger partial charge is 0.227 e. The van der Waals surface area contributed by atoms with E-state index in [1.807, 2.05) is 6.07 Å². The highest BCUT2D eigenvalue weighted by molar-refractivity contribution is 6.30. The molecule has 3 unspecified atom stereocenters. The van der Waals surface area contributed by atoms with Crippen LogP contribution in [0.3, 0.4) is 0 Å². The summed E-state index contributed by atoms with van der Waals surface area (Å²) in [5, 5.41) is 35.2. The average molecular weight is 416 g/mol. The minimum absolute atomic E-state index is 0.0271. The number of benzene rings is 2. The second kappa shape index (κ2) is 6.36. The maximum atomic E-state index is 11.8. The summed E-state index contributed by atoms with van der Waals surface area (Å²) < 4.78 is 5.94. The molecule has 3 heterocycles. The number of rotatable bonds is 1. The number of nitriles is 2. The highest BCUT2D eigenvalue weighted by atomic mass is 35.5. The molecular weight excluding hydrogens is 402 g/mol. The zero-order valence-corrected chi connectivity index (χ0v) is 16.2. The molecule has 3 aromatic rings. The maximum absolute atomic E-state index is 11.8. The standard InChI is InChI=1S/C22H14ClN5O2/c23-12-6-7-16-13(8-12)17-15(10-25)22(29,11-4-2-1-3-5-11)28-19-14(9-24)20(26)27-21(30-16)18(17)19/h1-8,15,17,28-29H,(H2,26,27). The van der Waals surface area contributed by atoms with Gasteiger partial charge >= 0.3 is 0 Å². The Morgan fingerprint density at radius 1 is 1.20 bits per heavy atom. The predicted octanol–water partition coefficient (Wildman–Crippen LogP) is 3.84. The number of nitrogens with two attached hydrogens (primary N) is 1. The van der Waals surface area contributed by atoms with E-state index in [-0.39, 0.29) is 17.3 Å². The second-order valence-corrected chi connectivity index (χ2v) is 7.64. The molecule has 8 heteroatoms. The Hall–Kier alpha value is -3.78. The van der Waals surface area contributed by atoms with Crippen molar-refractivity contribution in [2.45, 2.75) is 11.6 Å². The van der Waals surface area contributed by atoms with E-state index in [9.17, 15) is 15.6 Å². The number of anilines is 2. The van der Waals surface area contributed by atoms with E-state index in [4.69, 9.17) is 22.1 Å². The molecule has 146 valence electrons. The summed E-state index contributed by atoms with van der Waals surface area (Å²) in [6.07, 6.45) is 0.